The third-order valence-corrected chi connectivity index (χ3v) is 28.5. The van der Waals surface area contributed by atoms with Crippen LogP contribution < -0.4 is 58.1 Å². The Hall–Kier alpha value is -11.3. The fourth-order valence-corrected chi connectivity index (χ4v) is 20.2. The lowest BCUT2D eigenvalue weighted by Crippen LogP contribution is -2.34. The maximum Gasteiger partial charge on any atom is 0.148 e. The number of halogens is 8. The molecule has 0 radical (unpaired) electrons. The van der Waals surface area contributed by atoms with Crippen LogP contribution in [0.3, 0.4) is 0 Å². The van der Waals surface area contributed by atoms with Gasteiger partial charge in [-0.2, -0.15) is 0 Å². The number of nitrogens with zero attached hydrogens (tertiary/aromatic N) is 16. The Morgan fingerprint density at radius 3 is 0.794 bits per heavy atom. The fourth-order valence-electron chi connectivity index (χ4n) is 19.6. The molecule has 32 heteroatoms. The second-order valence-electron chi connectivity index (χ2n) is 37.2. The number of aliphatic hydroxyl groups is 4. The summed E-state index contributed by atoms with van der Waals surface area (Å²) in [7, 11) is 13.8. The van der Waals surface area contributed by atoms with E-state index in [0.717, 1.165) is 279 Å². The van der Waals surface area contributed by atoms with Gasteiger partial charge in [0.1, 0.15) is 104 Å². The second kappa shape index (κ2) is 42.8. The van der Waals surface area contributed by atoms with Crippen LogP contribution >= 0.6 is 23.2 Å². The lowest BCUT2D eigenvalue weighted by Gasteiger charge is -2.34. The summed E-state index contributed by atoms with van der Waals surface area (Å²) in [5.41, 5.74) is 9.45. The van der Waals surface area contributed by atoms with Crippen LogP contribution in [0.15, 0.2) is 121 Å². The summed E-state index contributed by atoms with van der Waals surface area (Å²) in [6.45, 7) is 7.99. The van der Waals surface area contributed by atoms with Crippen LogP contribution in [0.1, 0.15) is 196 Å². The number of aromatic nitrogens is 8. The van der Waals surface area contributed by atoms with Gasteiger partial charge in [-0.1, -0.05) is 35.3 Å². The summed E-state index contributed by atoms with van der Waals surface area (Å²) in [5.74, 6) is 10.4. The van der Waals surface area contributed by atoms with E-state index in [9.17, 15) is 46.8 Å². The average molecular weight is 1910 g/mol. The van der Waals surface area contributed by atoms with Crippen molar-refractivity contribution in [2.24, 2.45) is 0 Å². The van der Waals surface area contributed by atoms with E-state index >= 15 is 0 Å². The Balaban J connectivity index is 0.000000126. The molecule has 8 aromatic carbocycles. The molecule has 0 spiro atoms. The first-order valence-electron chi connectivity index (χ1n) is 47.6. The third-order valence-electron chi connectivity index (χ3n) is 27.9. The van der Waals surface area contributed by atoms with Gasteiger partial charge in [0.25, 0.3) is 0 Å². The minimum atomic E-state index is -0.355. The second-order valence-corrected chi connectivity index (χ2v) is 38.0. The highest BCUT2D eigenvalue weighted by Crippen LogP contribution is 2.50. The molecule has 4 N–H and O–H groups in total. The van der Waals surface area contributed by atoms with Crippen molar-refractivity contribution in [2.75, 3.05) is 201 Å². The quantitative estimate of drug-likeness (QED) is 0.0333. The van der Waals surface area contributed by atoms with Gasteiger partial charge in [0.15, 0.2) is 0 Å². The molecule has 8 aliphatic rings. The number of hydrogen-bond acceptors (Lipinski definition) is 24. The normalized spacial score (nSPS) is 16.8. The standard InChI is InChI=1S/2C26H30ClFN4O2.2C26H30F2N4O2/c1-31(11-12-33)23-14-20-22(15-21(23)27)29-25(17-3-4-17)30-26(20)32-9-7-16(8-10-32)19-13-18(28)5-6-24(19)34-2;1-31(11-12-33)23-14-20-22(15-21(23)27)29-25(17-3-4-17)30-26(20)32-9-7-16(8-10-32)19-6-5-18(28)13-24(19)34-2;1-31(11-12-33)23-14-20-22(15-21(23)28)29-25(17-3-4-17)30-26(20)32-9-7-16(8-10-32)19-13-18(27)5-6-24(19)34-2;1-31(11-12-33)23-14-20-22(15-21(23)28)29-25(17-3-4-17)30-26(20)32-9-7-16(8-10-32)19-6-5-18(27)13-24(19)34-2/h4*5-6,13-17,33H,3-4,7-12H2,1-2H3. The van der Waals surface area contributed by atoms with Crippen LogP contribution in [0.2, 0.25) is 10.0 Å². The minimum absolute atomic E-state index is 0.0475. The highest BCUT2D eigenvalue weighted by Gasteiger charge is 2.38. The highest BCUT2D eigenvalue weighted by molar-refractivity contribution is 6.34. The molecule has 8 heterocycles. The van der Waals surface area contributed by atoms with Crippen LogP contribution in [0, 0.1) is 34.9 Å². The number of aliphatic hydroxyl groups excluding tert-OH is 4. The highest BCUT2D eigenvalue weighted by atomic mass is 35.5. The molecular weight excluding hydrogens is 1790 g/mol. The van der Waals surface area contributed by atoms with Crippen molar-refractivity contribution >= 4 is 113 Å². The summed E-state index contributed by atoms with van der Waals surface area (Å²) >= 11 is 13.2. The lowest BCUT2D eigenvalue weighted by molar-refractivity contribution is 0.303. The van der Waals surface area contributed by atoms with E-state index in [2.05, 4.69) is 25.7 Å². The van der Waals surface area contributed by atoms with Crippen molar-refractivity contribution in [3.8, 4) is 23.0 Å². The molecule has 720 valence electrons. The molecular formula is C104H120Cl2F6N16O8. The number of rotatable bonds is 28. The molecule has 20 rings (SSSR count). The molecule has 4 saturated heterocycles. The Labute approximate surface area is 799 Å². The Bertz CT molecular complexity index is 5900. The molecule has 12 aromatic rings. The van der Waals surface area contributed by atoms with E-state index in [1.54, 1.807) is 88.7 Å². The molecule has 0 bridgehead atoms. The van der Waals surface area contributed by atoms with Crippen molar-refractivity contribution in [2.45, 2.75) is 150 Å². The van der Waals surface area contributed by atoms with E-state index in [1.807, 2.05) is 54.2 Å². The van der Waals surface area contributed by atoms with Gasteiger partial charge in [0.2, 0.25) is 0 Å². The molecule has 0 unspecified atom stereocenters. The molecule has 4 aliphatic carbocycles. The van der Waals surface area contributed by atoms with Gasteiger partial charge < -0.3 is 78.6 Å². The van der Waals surface area contributed by atoms with Gasteiger partial charge >= 0.3 is 0 Å². The molecule has 0 amide bonds. The van der Waals surface area contributed by atoms with E-state index in [1.165, 1.54) is 48.5 Å². The van der Waals surface area contributed by atoms with Gasteiger partial charge in [-0.05, 0) is 222 Å². The van der Waals surface area contributed by atoms with Crippen molar-refractivity contribution in [1.29, 1.82) is 0 Å². The zero-order valence-electron chi connectivity index (χ0n) is 78.4. The van der Waals surface area contributed by atoms with Crippen LogP contribution in [-0.4, -0.2) is 222 Å². The first-order valence-corrected chi connectivity index (χ1v) is 48.3. The first-order chi connectivity index (χ1) is 65.9. The Morgan fingerprint density at radius 2 is 0.529 bits per heavy atom. The van der Waals surface area contributed by atoms with Gasteiger partial charge in [-0.25, -0.2) is 66.2 Å². The van der Waals surface area contributed by atoms with Crippen molar-refractivity contribution in [3.63, 3.8) is 0 Å². The van der Waals surface area contributed by atoms with Gasteiger partial charge in [0, 0.05) is 187 Å². The zero-order chi connectivity index (χ0) is 95.3. The van der Waals surface area contributed by atoms with E-state index in [4.69, 9.17) is 82.0 Å². The molecule has 0 atom stereocenters. The number of anilines is 8. The van der Waals surface area contributed by atoms with Crippen molar-refractivity contribution in [3.05, 3.63) is 212 Å². The van der Waals surface area contributed by atoms with Gasteiger partial charge in [0.05, 0.1) is 110 Å². The average Bonchev–Trinajstić information content (AvgIpc) is 1.75. The fraction of sp³-hybridized carbons (Fsp3) is 0.462. The Kier molecular flexibility index (Phi) is 30.3. The SMILES string of the molecule is COc1cc(F)ccc1C1CCN(c2nc(C3CC3)nc3cc(Cl)c(N(C)CCO)cc23)CC1.COc1cc(F)ccc1C1CCN(c2nc(C3CC3)nc3cc(F)c(N(C)CCO)cc23)CC1.COc1ccc(F)cc1C1CCN(c2nc(C3CC3)nc3cc(Cl)c(N(C)CCO)cc23)CC1.COc1ccc(F)cc1C1CCN(c2nc(C3CC3)nc3cc(F)c(N(C)CCO)cc23)CC1. The zero-order valence-corrected chi connectivity index (χ0v) is 79.9. The molecule has 4 saturated carbocycles. The molecule has 8 fully saturated rings. The number of methoxy groups -OCH3 is 4. The Morgan fingerprint density at radius 1 is 0.287 bits per heavy atom. The van der Waals surface area contributed by atoms with E-state index < -0.39 is 0 Å². The van der Waals surface area contributed by atoms with Crippen LogP contribution in [-0.2, 0) is 0 Å². The first kappa shape index (κ1) is 96.4. The van der Waals surface area contributed by atoms with E-state index in [-0.39, 0.29) is 79.1 Å². The molecule has 4 aromatic heterocycles. The van der Waals surface area contributed by atoms with Crippen molar-refractivity contribution in [1.82, 2.24) is 39.9 Å². The van der Waals surface area contributed by atoms with Crippen LogP contribution in [0.5, 0.6) is 23.0 Å². The van der Waals surface area contributed by atoms with Gasteiger partial charge in [-0.3, -0.25) is 0 Å². The molecule has 136 heavy (non-hydrogen) atoms. The number of hydrogen-bond donors (Lipinski definition) is 4. The summed E-state index contributed by atoms with van der Waals surface area (Å²) in [5, 5.41) is 42.2. The van der Waals surface area contributed by atoms with Gasteiger partial charge in [-0.15, -0.1) is 0 Å². The van der Waals surface area contributed by atoms with E-state index in [0.29, 0.717) is 99.7 Å². The predicted molar refractivity (Wildman–Crippen MR) is 526 cm³/mol. The predicted octanol–water partition coefficient (Wildman–Crippen LogP) is 19.5. The number of fused-ring (bicyclic) bond motifs is 4. The van der Waals surface area contributed by atoms with Crippen molar-refractivity contribution < 1.29 is 65.7 Å². The smallest absolute Gasteiger partial charge is 0.148 e. The molecule has 24 nitrogen and oxygen atoms in total. The third kappa shape index (κ3) is 21.8. The summed E-state index contributed by atoms with van der Waals surface area (Å²) < 4.78 is 107. The van der Waals surface area contributed by atoms with Crippen LogP contribution in [0.4, 0.5) is 72.4 Å². The maximum atomic E-state index is 14.9. The number of likely N-dealkylation sites (N-methyl/N-ethyl adjacent to an activating group) is 4. The lowest BCUT2D eigenvalue weighted by atomic mass is 9.88. The summed E-state index contributed by atoms with van der Waals surface area (Å²) in [6, 6.07) is 33.6. The maximum absolute atomic E-state index is 14.9. The number of piperidine rings is 4. The monoisotopic (exact) mass is 1900 g/mol. The number of ether oxygens (including phenoxy) is 4. The minimum Gasteiger partial charge on any atom is -0.496 e. The largest absolute Gasteiger partial charge is 0.496 e. The summed E-state index contributed by atoms with van der Waals surface area (Å²) in [4.78, 5) is 55.5. The number of benzene rings is 8. The topological polar surface area (TPSA) is 247 Å². The summed E-state index contributed by atoms with van der Waals surface area (Å²) in [6.07, 6.45) is 15.8. The van der Waals surface area contributed by atoms with Crippen LogP contribution in [0.25, 0.3) is 43.6 Å². The molecule has 4 aliphatic heterocycles.